The van der Waals surface area contributed by atoms with E-state index in [-0.39, 0.29) is 28.4 Å². The maximum absolute atomic E-state index is 13.5. The Labute approximate surface area is 200 Å². The van der Waals surface area contributed by atoms with Crippen LogP contribution in [0.2, 0.25) is 10.0 Å². The number of carbonyl (C=O) groups is 3. The van der Waals surface area contributed by atoms with Gasteiger partial charge in [-0.2, -0.15) is 5.01 Å². The number of nitro groups is 1. The van der Waals surface area contributed by atoms with E-state index < -0.39 is 34.5 Å². The van der Waals surface area contributed by atoms with Gasteiger partial charge in [-0.3, -0.25) is 24.5 Å². The van der Waals surface area contributed by atoms with E-state index in [1.165, 1.54) is 42.5 Å². The van der Waals surface area contributed by atoms with E-state index in [1.807, 2.05) is 6.92 Å². The van der Waals surface area contributed by atoms with Gasteiger partial charge in [0.15, 0.2) is 0 Å². The van der Waals surface area contributed by atoms with Crippen molar-refractivity contribution in [3.05, 3.63) is 73.8 Å². The molecule has 2 fully saturated rings. The Hall–Kier alpha value is -2.97. The van der Waals surface area contributed by atoms with Crippen molar-refractivity contribution in [3.8, 4) is 0 Å². The van der Waals surface area contributed by atoms with Crippen LogP contribution in [0.25, 0.3) is 0 Å². The molecular weight excluding hydrogens is 469 g/mol. The largest absolute Gasteiger partial charge is 0.275 e. The summed E-state index contributed by atoms with van der Waals surface area (Å²) in [7, 11) is 0. The van der Waals surface area contributed by atoms with Gasteiger partial charge >= 0.3 is 0 Å². The van der Waals surface area contributed by atoms with Gasteiger partial charge in [-0.15, -0.1) is 0 Å². The molecule has 1 aliphatic carbocycles. The van der Waals surface area contributed by atoms with Crippen molar-refractivity contribution in [2.45, 2.75) is 32.7 Å². The lowest BCUT2D eigenvalue weighted by atomic mass is 9.76. The highest BCUT2D eigenvalue weighted by atomic mass is 35.5. The molecule has 0 radical (unpaired) electrons. The van der Waals surface area contributed by atoms with E-state index in [0.29, 0.717) is 23.8 Å². The average Bonchev–Trinajstić information content (AvgIpc) is 3.02. The number of halogens is 2. The van der Waals surface area contributed by atoms with Gasteiger partial charge in [0.25, 0.3) is 23.4 Å². The van der Waals surface area contributed by atoms with Crippen molar-refractivity contribution in [1.29, 1.82) is 0 Å². The summed E-state index contributed by atoms with van der Waals surface area (Å²) < 4.78 is 0. The number of rotatable bonds is 5. The molecule has 1 saturated carbocycles. The number of amides is 3. The predicted molar refractivity (Wildman–Crippen MR) is 121 cm³/mol. The summed E-state index contributed by atoms with van der Waals surface area (Å²) in [5.41, 5.74) is 0.0388. The molecule has 1 heterocycles. The van der Waals surface area contributed by atoms with Gasteiger partial charge in [-0.1, -0.05) is 30.1 Å². The van der Waals surface area contributed by atoms with E-state index in [9.17, 15) is 24.5 Å². The minimum Gasteiger partial charge on any atom is -0.272 e. The van der Waals surface area contributed by atoms with Crippen molar-refractivity contribution < 1.29 is 19.3 Å². The van der Waals surface area contributed by atoms with E-state index in [2.05, 4.69) is 0 Å². The average molecular weight is 490 g/mol. The van der Waals surface area contributed by atoms with Crippen LogP contribution in [0.1, 0.15) is 42.1 Å². The normalized spacial score (nSPS) is 22.3. The summed E-state index contributed by atoms with van der Waals surface area (Å²) >= 11 is 11.9. The molecule has 0 unspecified atom stereocenters. The topological polar surface area (TPSA) is 101 Å². The van der Waals surface area contributed by atoms with Crippen molar-refractivity contribution in [2.24, 2.45) is 17.8 Å². The summed E-state index contributed by atoms with van der Waals surface area (Å²) in [6, 6.07) is 10.1. The molecule has 0 spiro atoms. The Morgan fingerprint density at radius 3 is 2.36 bits per heavy atom. The molecule has 0 bridgehead atoms. The molecule has 33 heavy (non-hydrogen) atoms. The van der Waals surface area contributed by atoms with Gasteiger partial charge in [0.2, 0.25) is 0 Å². The third-order valence-corrected chi connectivity index (χ3v) is 6.78. The van der Waals surface area contributed by atoms with E-state index in [0.717, 1.165) is 16.4 Å². The van der Waals surface area contributed by atoms with Gasteiger partial charge in [0.05, 0.1) is 28.9 Å². The summed E-state index contributed by atoms with van der Waals surface area (Å²) in [6.07, 6.45) is 1.95. The molecule has 0 N–H and O–H groups in total. The predicted octanol–water partition coefficient (Wildman–Crippen LogP) is 4.88. The van der Waals surface area contributed by atoms with Gasteiger partial charge < -0.3 is 0 Å². The lowest BCUT2D eigenvalue weighted by Gasteiger charge is -2.30. The molecule has 10 heteroatoms. The Morgan fingerprint density at radius 1 is 1.06 bits per heavy atom. The fraction of sp³-hybridized carbons (Fsp3) is 0.348. The number of benzene rings is 2. The van der Waals surface area contributed by atoms with Crippen LogP contribution in [0.3, 0.4) is 0 Å². The Balaban J connectivity index is 1.76. The fourth-order valence-corrected chi connectivity index (χ4v) is 4.88. The van der Waals surface area contributed by atoms with Gasteiger partial charge in [0.1, 0.15) is 0 Å². The van der Waals surface area contributed by atoms with Crippen LogP contribution in [-0.4, -0.2) is 32.7 Å². The minimum atomic E-state index is -0.635. The standard InChI is InChI=1S/C23H21Cl2N3O5/c1-13-2-9-18-19(10-13)23(31)27(22(18)30)26(21(29)14-3-6-16(24)7-4-14)12-15-5-8-17(25)11-20(15)28(32)33/h3-8,11,13,18-19H,2,9-10,12H2,1H3/t13-,18-,19-/m1/s1. The highest BCUT2D eigenvalue weighted by Crippen LogP contribution is 2.41. The number of fused-ring (bicyclic) bond motifs is 1. The number of hydrogen-bond acceptors (Lipinski definition) is 5. The summed E-state index contributed by atoms with van der Waals surface area (Å²) in [4.78, 5) is 51.1. The first-order valence-electron chi connectivity index (χ1n) is 10.6. The van der Waals surface area contributed by atoms with Crippen LogP contribution >= 0.6 is 23.2 Å². The molecule has 3 amide bonds. The van der Waals surface area contributed by atoms with Gasteiger partial charge in [0, 0.05) is 21.7 Å². The van der Waals surface area contributed by atoms with Crippen molar-refractivity contribution in [2.75, 3.05) is 0 Å². The van der Waals surface area contributed by atoms with Gasteiger partial charge in [-0.05, 0) is 61.6 Å². The lowest BCUT2D eigenvalue weighted by molar-refractivity contribution is -0.385. The molecule has 8 nitrogen and oxygen atoms in total. The second kappa shape index (κ2) is 9.11. The summed E-state index contributed by atoms with van der Waals surface area (Å²) in [5, 5.41) is 14.1. The zero-order chi connectivity index (χ0) is 23.9. The second-order valence-corrected chi connectivity index (χ2v) is 9.39. The molecule has 1 aliphatic heterocycles. The minimum absolute atomic E-state index is 0.149. The maximum Gasteiger partial charge on any atom is 0.275 e. The number of nitrogens with zero attached hydrogens (tertiary/aromatic N) is 3. The fourth-order valence-electron chi connectivity index (χ4n) is 4.59. The van der Waals surface area contributed by atoms with Crippen LogP contribution in [0, 0.1) is 27.9 Å². The first-order valence-corrected chi connectivity index (χ1v) is 11.3. The van der Waals surface area contributed by atoms with Crippen LogP contribution < -0.4 is 0 Å². The monoisotopic (exact) mass is 489 g/mol. The molecule has 2 aliphatic rings. The SMILES string of the molecule is C[C@@H]1CC[C@H]2C(=O)N(N(Cc3ccc(Cl)cc3[N+](=O)[O-])C(=O)c3ccc(Cl)cc3)C(=O)[C@@H]2C1. The molecule has 172 valence electrons. The molecule has 2 aromatic rings. The molecule has 4 rings (SSSR count). The van der Waals surface area contributed by atoms with Crippen molar-refractivity contribution >= 4 is 46.6 Å². The Bertz CT molecular complexity index is 1140. The van der Waals surface area contributed by atoms with Crippen molar-refractivity contribution in [3.63, 3.8) is 0 Å². The number of nitro benzene ring substituents is 1. The number of hydrazine groups is 1. The van der Waals surface area contributed by atoms with E-state index >= 15 is 0 Å². The Kier molecular flexibility index (Phi) is 6.41. The smallest absolute Gasteiger partial charge is 0.272 e. The highest BCUT2D eigenvalue weighted by Gasteiger charge is 2.52. The van der Waals surface area contributed by atoms with Crippen LogP contribution in [0.4, 0.5) is 5.69 Å². The van der Waals surface area contributed by atoms with E-state index in [4.69, 9.17) is 23.2 Å². The van der Waals surface area contributed by atoms with Crippen LogP contribution in [0.15, 0.2) is 42.5 Å². The Morgan fingerprint density at radius 2 is 1.70 bits per heavy atom. The van der Waals surface area contributed by atoms with Gasteiger partial charge in [-0.25, -0.2) is 5.01 Å². The zero-order valence-electron chi connectivity index (χ0n) is 17.7. The van der Waals surface area contributed by atoms with Crippen LogP contribution in [-0.2, 0) is 16.1 Å². The maximum atomic E-state index is 13.5. The first-order chi connectivity index (χ1) is 15.7. The molecule has 3 atom stereocenters. The molecule has 1 saturated heterocycles. The third-order valence-electron chi connectivity index (χ3n) is 6.30. The summed E-state index contributed by atoms with van der Waals surface area (Å²) in [6.45, 7) is 1.69. The number of imide groups is 1. The zero-order valence-corrected chi connectivity index (χ0v) is 19.3. The second-order valence-electron chi connectivity index (χ2n) is 8.52. The molecular formula is C23H21Cl2N3O5. The van der Waals surface area contributed by atoms with Crippen molar-refractivity contribution in [1.82, 2.24) is 10.0 Å². The first kappa shape index (κ1) is 23.2. The molecule has 0 aromatic heterocycles. The van der Waals surface area contributed by atoms with Crippen LogP contribution in [0.5, 0.6) is 0 Å². The quantitative estimate of drug-likeness (QED) is 0.338. The summed E-state index contributed by atoms with van der Waals surface area (Å²) in [5.74, 6) is -2.23. The van der Waals surface area contributed by atoms with E-state index in [1.54, 1.807) is 0 Å². The third kappa shape index (κ3) is 4.45. The highest BCUT2D eigenvalue weighted by molar-refractivity contribution is 6.31. The number of carbonyl (C=O) groups excluding carboxylic acids is 3. The molecule has 2 aromatic carbocycles. The lowest BCUT2D eigenvalue weighted by Crippen LogP contribution is -2.49. The number of hydrogen-bond donors (Lipinski definition) is 0.